The zero-order valence-corrected chi connectivity index (χ0v) is 10.7. The number of amides is 1. The lowest BCUT2D eigenvalue weighted by molar-refractivity contribution is -0.131. The molecule has 0 aromatic carbocycles. The van der Waals surface area contributed by atoms with Crippen LogP contribution in [0.15, 0.2) is 0 Å². The maximum atomic E-state index is 11.6. The molecule has 0 unspecified atom stereocenters. The van der Waals surface area contributed by atoms with Crippen LogP contribution in [0.1, 0.15) is 0 Å². The first-order valence-corrected chi connectivity index (χ1v) is 5.93. The molecule has 16 heavy (non-hydrogen) atoms. The van der Waals surface area contributed by atoms with Gasteiger partial charge in [0.05, 0.1) is 6.54 Å². The Labute approximate surface area is 98.4 Å². The number of hydrogen-bond donors (Lipinski definition) is 1. The highest BCUT2D eigenvalue weighted by molar-refractivity contribution is 5.78. The molecular weight excluding hydrogens is 204 g/mol. The van der Waals surface area contributed by atoms with E-state index < -0.39 is 0 Å². The second-order valence-corrected chi connectivity index (χ2v) is 4.56. The van der Waals surface area contributed by atoms with E-state index in [9.17, 15) is 4.79 Å². The van der Waals surface area contributed by atoms with Gasteiger partial charge in [-0.2, -0.15) is 0 Å². The summed E-state index contributed by atoms with van der Waals surface area (Å²) in [5, 5.41) is 2.90. The first-order chi connectivity index (χ1) is 7.63. The van der Waals surface area contributed by atoms with E-state index in [0.29, 0.717) is 6.54 Å². The molecule has 1 aliphatic rings. The Morgan fingerprint density at radius 3 is 2.38 bits per heavy atom. The van der Waals surface area contributed by atoms with Gasteiger partial charge < -0.3 is 15.1 Å². The topological polar surface area (TPSA) is 38.8 Å². The number of rotatable bonds is 5. The molecule has 0 bridgehead atoms. The average Bonchev–Trinajstić information content (AvgIpc) is 2.27. The minimum Gasteiger partial charge on any atom is -0.339 e. The van der Waals surface area contributed by atoms with Gasteiger partial charge in [-0.05, 0) is 21.1 Å². The number of carbonyl (C=O) groups is 1. The van der Waals surface area contributed by atoms with Crippen LogP contribution in [0.2, 0.25) is 0 Å². The number of nitrogens with zero attached hydrogens (tertiary/aromatic N) is 3. The predicted molar refractivity (Wildman–Crippen MR) is 65.5 cm³/mol. The van der Waals surface area contributed by atoms with Crippen molar-refractivity contribution in [2.45, 2.75) is 0 Å². The smallest absolute Gasteiger partial charge is 0.236 e. The van der Waals surface area contributed by atoms with Gasteiger partial charge in [-0.25, -0.2) is 0 Å². The third-order valence-electron chi connectivity index (χ3n) is 2.92. The Morgan fingerprint density at radius 1 is 1.25 bits per heavy atom. The molecule has 1 aliphatic heterocycles. The molecule has 0 aromatic rings. The minimum atomic E-state index is 0.217. The number of carbonyl (C=O) groups excluding carboxylic acids is 1. The molecule has 0 atom stereocenters. The lowest BCUT2D eigenvalue weighted by atomic mass is 10.3. The van der Waals surface area contributed by atoms with Crippen LogP contribution in [0.3, 0.4) is 0 Å². The van der Waals surface area contributed by atoms with Crippen molar-refractivity contribution < 1.29 is 4.79 Å². The monoisotopic (exact) mass is 228 g/mol. The summed E-state index contributed by atoms with van der Waals surface area (Å²) in [6.07, 6.45) is 0. The summed E-state index contributed by atoms with van der Waals surface area (Å²) in [5.74, 6) is 0.217. The second kappa shape index (κ2) is 6.83. The normalized spacial score (nSPS) is 18.1. The first-order valence-electron chi connectivity index (χ1n) is 5.93. The third kappa shape index (κ3) is 4.47. The zero-order chi connectivity index (χ0) is 12.0. The molecule has 1 amide bonds. The standard InChI is InChI=1S/C11H24N4O/c1-12-10-11(16)15-8-6-14(7-9-15)5-4-13(2)3/h12H,4-10H2,1-3H3. The Balaban J connectivity index is 2.20. The largest absolute Gasteiger partial charge is 0.339 e. The summed E-state index contributed by atoms with van der Waals surface area (Å²) in [6, 6.07) is 0. The van der Waals surface area contributed by atoms with E-state index in [1.807, 2.05) is 11.9 Å². The van der Waals surface area contributed by atoms with E-state index in [1.165, 1.54) is 0 Å². The Hall–Kier alpha value is -0.650. The Kier molecular flexibility index (Phi) is 5.73. The van der Waals surface area contributed by atoms with Crippen molar-refractivity contribution in [3.05, 3.63) is 0 Å². The number of hydrogen-bond acceptors (Lipinski definition) is 4. The molecule has 5 nitrogen and oxygen atoms in total. The zero-order valence-electron chi connectivity index (χ0n) is 10.7. The summed E-state index contributed by atoms with van der Waals surface area (Å²) in [5.41, 5.74) is 0. The van der Waals surface area contributed by atoms with E-state index in [1.54, 1.807) is 0 Å². The molecule has 1 N–H and O–H groups in total. The van der Waals surface area contributed by atoms with Crippen molar-refractivity contribution in [3.63, 3.8) is 0 Å². The van der Waals surface area contributed by atoms with Gasteiger partial charge in [-0.15, -0.1) is 0 Å². The summed E-state index contributed by atoms with van der Waals surface area (Å²) >= 11 is 0. The van der Waals surface area contributed by atoms with Crippen molar-refractivity contribution in [2.24, 2.45) is 0 Å². The summed E-state index contributed by atoms with van der Waals surface area (Å²) in [7, 11) is 5.99. The maximum Gasteiger partial charge on any atom is 0.236 e. The average molecular weight is 228 g/mol. The molecule has 1 saturated heterocycles. The molecule has 0 spiro atoms. The molecular formula is C11H24N4O. The van der Waals surface area contributed by atoms with E-state index in [4.69, 9.17) is 0 Å². The number of likely N-dealkylation sites (N-methyl/N-ethyl adjacent to an activating group) is 2. The van der Waals surface area contributed by atoms with E-state index in [2.05, 4.69) is 29.2 Å². The maximum absolute atomic E-state index is 11.6. The van der Waals surface area contributed by atoms with Crippen LogP contribution in [0, 0.1) is 0 Å². The van der Waals surface area contributed by atoms with Crippen molar-refractivity contribution >= 4 is 5.91 Å². The van der Waals surface area contributed by atoms with Gasteiger partial charge in [0.15, 0.2) is 0 Å². The van der Waals surface area contributed by atoms with Crippen LogP contribution in [0.4, 0.5) is 0 Å². The fraction of sp³-hybridized carbons (Fsp3) is 0.909. The highest BCUT2D eigenvalue weighted by atomic mass is 16.2. The molecule has 0 aromatic heterocycles. The van der Waals surface area contributed by atoms with Gasteiger partial charge >= 0.3 is 0 Å². The van der Waals surface area contributed by atoms with E-state index in [0.717, 1.165) is 39.3 Å². The van der Waals surface area contributed by atoms with Gasteiger partial charge in [0.2, 0.25) is 5.91 Å². The van der Waals surface area contributed by atoms with Crippen LogP contribution in [-0.2, 0) is 4.79 Å². The van der Waals surface area contributed by atoms with Gasteiger partial charge in [0, 0.05) is 39.3 Å². The Morgan fingerprint density at radius 2 is 1.88 bits per heavy atom. The van der Waals surface area contributed by atoms with Crippen LogP contribution < -0.4 is 5.32 Å². The van der Waals surface area contributed by atoms with Crippen molar-refractivity contribution in [3.8, 4) is 0 Å². The first kappa shape index (κ1) is 13.4. The highest BCUT2D eigenvalue weighted by Gasteiger charge is 2.19. The van der Waals surface area contributed by atoms with Crippen molar-refractivity contribution in [2.75, 3.05) is 67.0 Å². The van der Waals surface area contributed by atoms with Gasteiger partial charge in [0.1, 0.15) is 0 Å². The SMILES string of the molecule is CNCC(=O)N1CCN(CCN(C)C)CC1. The quantitative estimate of drug-likeness (QED) is 0.649. The molecule has 0 saturated carbocycles. The van der Waals surface area contributed by atoms with E-state index >= 15 is 0 Å². The number of piperazine rings is 1. The van der Waals surface area contributed by atoms with Gasteiger partial charge in [-0.1, -0.05) is 0 Å². The minimum absolute atomic E-state index is 0.217. The molecule has 1 fully saturated rings. The Bertz CT molecular complexity index is 212. The fourth-order valence-electron chi connectivity index (χ4n) is 1.83. The van der Waals surface area contributed by atoms with Crippen LogP contribution in [0.5, 0.6) is 0 Å². The van der Waals surface area contributed by atoms with E-state index in [-0.39, 0.29) is 5.91 Å². The lowest BCUT2D eigenvalue weighted by Crippen LogP contribution is -2.51. The lowest BCUT2D eigenvalue weighted by Gasteiger charge is -2.35. The highest BCUT2D eigenvalue weighted by Crippen LogP contribution is 2.01. The molecule has 1 rings (SSSR count). The molecule has 94 valence electrons. The van der Waals surface area contributed by atoms with Gasteiger partial charge in [0.25, 0.3) is 0 Å². The molecule has 5 heteroatoms. The van der Waals surface area contributed by atoms with Crippen LogP contribution in [0.25, 0.3) is 0 Å². The summed E-state index contributed by atoms with van der Waals surface area (Å²) < 4.78 is 0. The fourth-order valence-corrected chi connectivity index (χ4v) is 1.83. The van der Waals surface area contributed by atoms with Crippen LogP contribution in [-0.4, -0.2) is 87.6 Å². The molecule has 0 aliphatic carbocycles. The van der Waals surface area contributed by atoms with Gasteiger partial charge in [-0.3, -0.25) is 9.69 Å². The third-order valence-corrected chi connectivity index (χ3v) is 2.92. The van der Waals surface area contributed by atoms with Crippen molar-refractivity contribution in [1.82, 2.24) is 20.0 Å². The molecule has 0 radical (unpaired) electrons. The van der Waals surface area contributed by atoms with Crippen molar-refractivity contribution in [1.29, 1.82) is 0 Å². The number of nitrogens with one attached hydrogen (secondary N) is 1. The summed E-state index contributed by atoms with van der Waals surface area (Å²) in [4.78, 5) is 18.2. The predicted octanol–water partition coefficient (Wildman–Crippen LogP) is -1.09. The second-order valence-electron chi connectivity index (χ2n) is 4.56. The molecule has 1 heterocycles. The van der Waals surface area contributed by atoms with Crippen LogP contribution >= 0.6 is 0 Å². The summed E-state index contributed by atoms with van der Waals surface area (Å²) in [6.45, 7) is 6.39.